The van der Waals surface area contributed by atoms with Crippen molar-refractivity contribution in [3.8, 4) is 0 Å². The molecule has 0 aliphatic heterocycles. The summed E-state index contributed by atoms with van der Waals surface area (Å²) in [6.07, 6.45) is 1.39. The smallest absolute Gasteiger partial charge is 0.400 e. The summed E-state index contributed by atoms with van der Waals surface area (Å²) < 4.78 is 81.3. The molecule has 6 nitrogen and oxygen atoms in total. The van der Waals surface area contributed by atoms with Gasteiger partial charge in [-0.15, -0.1) is 0 Å². The number of rotatable bonds is 4. The van der Waals surface area contributed by atoms with Crippen molar-refractivity contribution < 1.29 is 35.1 Å². The van der Waals surface area contributed by atoms with Gasteiger partial charge in [0, 0.05) is 7.11 Å². The van der Waals surface area contributed by atoms with Gasteiger partial charge < -0.3 is 5.11 Å². The molecule has 0 amide bonds. The Labute approximate surface area is 120 Å². The maximum Gasteiger partial charge on any atom is 0.512 e. The molecule has 1 rings (SSSR count). The van der Waals surface area contributed by atoms with Gasteiger partial charge in [0.05, 0.1) is 4.90 Å². The number of benzene rings is 1. The highest BCUT2D eigenvalue weighted by Crippen LogP contribution is 2.23. The van der Waals surface area contributed by atoms with Crippen LogP contribution < -0.4 is 4.13 Å². The van der Waals surface area contributed by atoms with Crippen LogP contribution in [0.25, 0.3) is 6.08 Å². The van der Waals surface area contributed by atoms with E-state index in [1.165, 1.54) is 18.2 Å². The van der Waals surface area contributed by atoms with Crippen molar-refractivity contribution in [3.63, 3.8) is 0 Å². The standard InChI is InChI=1S/C9H8F3NO4S2.CH4O/c1-2-7-3-5-8(6-4-7)18(14,15)13-19(16,17)9(10,11)12;1-2/h2-6,13H,1H2;2H,1H3. The molecule has 0 saturated carbocycles. The lowest BCUT2D eigenvalue weighted by Gasteiger charge is -2.10. The molecule has 21 heavy (non-hydrogen) atoms. The van der Waals surface area contributed by atoms with Gasteiger partial charge in [-0.1, -0.05) is 28.9 Å². The average Bonchev–Trinajstić information content (AvgIpc) is 2.38. The van der Waals surface area contributed by atoms with E-state index < -0.39 is 30.5 Å². The molecule has 0 aromatic heterocycles. The maximum absolute atomic E-state index is 12.1. The van der Waals surface area contributed by atoms with Crippen molar-refractivity contribution in [1.82, 2.24) is 4.13 Å². The normalized spacial score (nSPS) is 12.2. The second-order valence-corrected chi connectivity index (χ2v) is 6.92. The number of halogens is 3. The molecule has 0 unspecified atom stereocenters. The molecule has 0 bridgehead atoms. The highest BCUT2D eigenvalue weighted by atomic mass is 32.3. The number of sulfonamides is 2. The fourth-order valence-corrected chi connectivity index (χ4v) is 3.44. The minimum Gasteiger partial charge on any atom is -0.400 e. The SMILES string of the molecule is C=Cc1ccc(S(=O)(=O)NS(=O)(=O)C(F)(F)F)cc1.CO. The first kappa shape index (κ1) is 19.6. The van der Waals surface area contributed by atoms with Crippen LogP contribution in [-0.4, -0.2) is 34.6 Å². The Kier molecular flexibility index (Phi) is 6.54. The first-order valence-electron chi connectivity index (χ1n) is 5.02. The Morgan fingerprint density at radius 1 is 1.10 bits per heavy atom. The molecular weight excluding hydrogens is 335 g/mol. The summed E-state index contributed by atoms with van der Waals surface area (Å²) in [4.78, 5) is -0.606. The molecular formula is C10H12F3NO5S2. The quantitative estimate of drug-likeness (QED) is 0.848. The number of alkyl halides is 3. The summed E-state index contributed by atoms with van der Waals surface area (Å²) in [7, 11) is -9.80. The molecule has 0 radical (unpaired) electrons. The lowest BCUT2D eigenvalue weighted by molar-refractivity contribution is -0.0441. The summed E-state index contributed by atoms with van der Waals surface area (Å²) >= 11 is 0. The van der Waals surface area contributed by atoms with Crippen LogP contribution in [0.5, 0.6) is 0 Å². The lowest BCUT2D eigenvalue weighted by atomic mass is 10.2. The first-order chi connectivity index (χ1) is 9.49. The topological polar surface area (TPSA) is 101 Å². The van der Waals surface area contributed by atoms with E-state index in [-0.39, 0.29) is 0 Å². The summed E-state index contributed by atoms with van der Waals surface area (Å²) in [6, 6.07) is 4.46. The van der Waals surface area contributed by atoms with Crippen LogP contribution in [0.2, 0.25) is 0 Å². The van der Waals surface area contributed by atoms with Crippen LogP contribution in [0.3, 0.4) is 0 Å². The van der Waals surface area contributed by atoms with Crippen molar-refractivity contribution in [2.75, 3.05) is 7.11 Å². The molecule has 0 spiro atoms. The third-order valence-electron chi connectivity index (χ3n) is 1.95. The summed E-state index contributed by atoms with van der Waals surface area (Å²) in [5.74, 6) is 0. The maximum atomic E-state index is 12.1. The fraction of sp³-hybridized carbons (Fsp3) is 0.200. The minimum atomic E-state index is -5.98. The van der Waals surface area contributed by atoms with Crippen molar-refractivity contribution in [1.29, 1.82) is 0 Å². The van der Waals surface area contributed by atoms with Crippen molar-refractivity contribution in [2.45, 2.75) is 10.4 Å². The first-order valence-corrected chi connectivity index (χ1v) is 7.98. The van der Waals surface area contributed by atoms with Crippen LogP contribution >= 0.6 is 0 Å². The third-order valence-corrected chi connectivity index (χ3v) is 5.21. The molecule has 0 aliphatic carbocycles. The summed E-state index contributed by atoms with van der Waals surface area (Å²) in [6.45, 7) is 3.40. The zero-order valence-corrected chi connectivity index (χ0v) is 12.3. The van der Waals surface area contributed by atoms with Gasteiger partial charge in [0.2, 0.25) is 0 Å². The summed E-state index contributed by atoms with van der Waals surface area (Å²) in [5, 5.41) is 7.00. The molecule has 120 valence electrons. The second-order valence-electron chi connectivity index (χ2n) is 3.31. The van der Waals surface area contributed by atoms with E-state index in [4.69, 9.17) is 5.11 Å². The van der Waals surface area contributed by atoms with Gasteiger partial charge in [-0.05, 0) is 17.7 Å². The van der Waals surface area contributed by atoms with Gasteiger partial charge in [-0.3, -0.25) is 0 Å². The van der Waals surface area contributed by atoms with E-state index in [2.05, 4.69) is 6.58 Å². The van der Waals surface area contributed by atoms with Crippen LogP contribution in [0.15, 0.2) is 35.7 Å². The fourth-order valence-electron chi connectivity index (χ4n) is 1.02. The van der Waals surface area contributed by atoms with Crippen molar-refractivity contribution >= 4 is 26.1 Å². The van der Waals surface area contributed by atoms with Crippen LogP contribution in [0.4, 0.5) is 13.2 Å². The highest BCUT2D eigenvalue weighted by Gasteiger charge is 2.48. The molecule has 2 N–H and O–H groups in total. The number of aliphatic hydroxyl groups is 1. The van der Waals surface area contributed by atoms with Crippen LogP contribution in [0, 0.1) is 0 Å². The number of nitrogens with one attached hydrogen (secondary N) is 1. The second kappa shape index (κ2) is 7.02. The third kappa shape index (κ3) is 5.12. The molecule has 0 aliphatic rings. The largest absolute Gasteiger partial charge is 0.512 e. The molecule has 0 heterocycles. The van der Waals surface area contributed by atoms with Gasteiger partial charge in [-0.25, -0.2) is 16.8 Å². The summed E-state index contributed by atoms with van der Waals surface area (Å²) in [5.41, 5.74) is -5.18. The average molecular weight is 347 g/mol. The molecule has 1 aromatic rings. The van der Waals surface area contributed by atoms with Crippen LogP contribution in [-0.2, 0) is 20.0 Å². The Bertz CT molecular complexity index is 678. The van der Waals surface area contributed by atoms with Crippen molar-refractivity contribution in [2.24, 2.45) is 0 Å². The number of aliphatic hydroxyl groups excluding tert-OH is 1. The minimum absolute atomic E-state index is 0.526. The number of hydrogen-bond acceptors (Lipinski definition) is 5. The molecule has 1 aromatic carbocycles. The number of hydrogen-bond donors (Lipinski definition) is 2. The van der Waals surface area contributed by atoms with E-state index in [0.717, 1.165) is 19.2 Å². The predicted molar refractivity (Wildman–Crippen MR) is 70.0 cm³/mol. The van der Waals surface area contributed by atoms with Gasteiger partial charge in [0.15, 0.2) is 0 Å². The van der Waals surface area contributed by atoms with Gasteiger partial charge in [-0.2, -0.15) is 13.2 Å². The van der Waals surface area contributed by atoms with Gasteiger partial charge in [0.1, 0.15) is 0 Å². The predicted octanol–water partition coefficient (Wildman–Crippen LogP) is 1.07. The van der Waals surface area contributed by atoms with E-state index >= 15 is 0 Å². The van der Waals surface area contributed by atoms with Crippen LogP contribution in [0.1, 0.15) is 5.56 Å². The Morgan fingerprint density at radius 2 is 1.52 bits per heavy atom. The monoisotopic (exact) mass is 347 g/mol. The van der Waals surface area contributed by atoms with E-state index in [1.807, 2.05) is 0 Å². The Morgan fingerprint density at radius 3 is 1.86 bits per heavy atom. The Hall–Kier alpha value is -1.43. The lowest BCUT2D eigenvalue weighted by Crippen LogP contribution is -2.40. The van der Waals surface area contributed by atoms with E-state index in [9.17, 15) is 30.0 Å². The zero-order chi connectivity index (χ0) is 16.9. The van der Waals surface area contributed by atoms with Gasteiger partial charge >= 0.3 is 15.5 Å². The Balaban J connectivity index is 0.00000191. The highest BCUT2D eigenvalue weighted by molar-refractivity contribution is 8.05. The van der Waals surface area contributed by atoms with E-state index in [0.29, 0.717) is 9.69 Å². The molecule has 0 fully saturated rings. The van der Waals surface area contributed by atoms with Crippen molar-refractivity contribution in [3.05, 3.63) is 36.4 Å². The zero-order valence-electron chi connectivity index (χ0n) is 10.6. The van der Waals surface area contributed by atoms with E-state index in [1.54, 1.807) is 0 Å². The molecule has 11 heteroatoms. The van der Waals surface area contributed by atoms with Gasteiger partial charge in [0.25, 0.3) is 10.0 Å². The molecule has 0 atom stereocenters. The molecule has 0 saturated heterocycles.